The average Bonchev–Trinajstić information content (AvgIpc) is 2.04. The molecule has 0 aliphatic carbocycles. The molecule has 0 fully saturated rings. The number of isocyanates is 1. The van der Waals surface area contributed by atoms with Crippen molar-refractivity contribution in [2.45, 2.75) is 6.18 Å². The van der Waals surface area contributed by atoms with Crippen LogP contribution < -0.4 is 0 Å². The lowest BCUT2D eigenvalue weighted by Crippen LogP contribution is -2.03. The highest BCUT2D eigenvalue weighted by Crippen LogP contribution is 2.30. The Hall–Kier alpha value is -1.81. The quantitative estimate of drug-likeness (QED) is 0.470. The Morgan fingerprint density at radius 3 is 2.14 bits per heavy atom. The van der Waals surface area contributed by atoms with Crippen LogP contribution in [0.1, 0.15) is 5.56 Å². The van der Waals surface area contributed by atoms with E-state index >= 15 is 0 Å². The van der Waals surface area contributed by atoms with Gasteiger partial charge in [0.1, 0.15) is 0 Å². The van der Waals surface area contributed by atoms with Gasteiger partial charge in [0.15, 0.2) is 0 Å². The van der Waals surface area contributed by atoms with Gasteiger partial charge in [-0.25, -0.2) is 0 Å². The van der Waals surface area contributed by atoms with Crippen LogP contribution in [0.15, 0.2) is 24.3 Å². The maximum absolute atomic E-state index is 11.9. The summed E-state index contributed by atoms with van der Waals surface area (Å²) in [5.74, 6) is 0. The molecule has 0 saturated carbocycles. The second kappa shape index (κ2) is 5.04. The van der Waals surface area contributed by atoms with Crippen LogP contribution >= 0.6 is 0 Å². The largest absolute Gasteiger partial charge is 0.724 e. The molecule has 0 aliphatic rings. The van der Waals surface area contributed by atoms with E-state index in [0.29, 0.717) is 6.08 Å². The van der Waals surface area contributed by atoms with E-state index in [1.54, 1.807) is 0 Å². The summed E-state index contributed by atoms with van der Waals surface area (Å²) in [4.78, 5) is 8.24. The van der Waals surface area contributed by atoms with Crippen LogP contribution in [0, 0.1) is 0 Å². The molecule has 76 valence electrons. The molecular formula is C8H5F3N2O-2. The van der Waals surface area contributed by atoms with Crippen LogP contribution in [0.2, 0.25) is 0 Å². The van der Waals surface area contributed by atoms with Crippen LogP contribution in [0.25, 0.3) is 11.1 Å². The summed E-state index contributed by atoms with van der Waals surface area (Å²) in [5.41, 5.74) is 6.02. The third-order valence-electron chi connectivity index (χ3n) is 1.19. The molecule has 6 heteroatoms. The number of nitrogens with one attached hydrogen (secondary N) is 1. The van der Waals surface area contributed by atoms with Gasteiger partial charge in [0.2, 0.25) is 0 Å². The van der Waals surface area contributed by atoms with Gasteiger partial charge >= 0.3 is 6.18 Å². The molecule has 0 bridgehead atoms. The number of rotatable bonds is 0. The molecule has 1 aromatic rings. The van der Waals surface area contributed by atoms with Crippen molar-refractivity contribution in [1.29, 1.82) is 0 Å². The van der Waals surface area contributed by atoms with E-state index < -0.39 is 11.7 Å². The Balaban J connectivity index is 0.000000500. The minimum Gasteiger partial charge on any atom is -0.724 e. The first kappa shape index (κ1) is 12.2. The van der Waals surface area contributed by atoms with Gasteiger partial charge in [-0.2, -0.15) is 13.2 Å². The number of hydrogen-bond donors (Lipinski definition) is 0. The minimum absolute atomic E-state index is 0.125. The fraction of sp³-hybridized carbons (Fsp3) is 0.125. The SMILES string of the molecule is [N-]=C=O.[NH-]c1cccc(C(F)(F)F)c1. The maximum Gasteiger partial charge on any atom is 0.416 e. The van der Waals surface area contributed by atoms with Crippen molar-refractivity contribution >= 4 is 11.8 Å². The summed E-state index contributed by atoms with van der Waals surface area (Å²) in [6.45, 7) is 0. The van der Waals surface area contributed by atoms with Crippen molar-refractivity contribution in [3.8, 4) is 0 Å². The number of alkyl halides is 3. The van der Waals surface area contributed by atoms with Crippen LogP contribution in [0.3, 0.4) is 0 Å². The Bertz CT molecular complexity index is 330. The van der Waals surface area contributed by atoms with E-state index in [-0.39, 0.29) is 5.69 Å². The van der Waals surface area contributed by atoms with Gasteiger partial charge in [-0.15, -0.1) is 5.69 Å². The predicted octanol–water partition coefficient (Wildman–Crippen LogP) is 3.28. The first-order valence-corrected chi connectivity index (χ1v) is 3.32. The van der Waals surface area contributed by atoms with Crippen molar-refractivity contribution in [2.75, 3.05) is 0 Å². The van der Waals surface area contributed by atoms with Crippen molar-refractivity contribution < 1.29 is 18.0 Å². The number of benzene rings is 1. The highest BCUT2D eigenvalue weighted by Gasteiger charge is 2.29. The molecular weight excluding hydrogens is 197 g/mol. The van der Waals surface area contributed by atoms with Crippen molar-refractivity contribution in [1.82, 2.24) is 0 Å². The van der Waals surface area contributed by atoms with Gasteiger partial charge in [-0.1, -0.05) is 24.3 Å². The van der Waals surface area contributed by atoms with E-state index in [2.05, 4.69) is 0 Å². The lowest BCUT2D eigenvalue weighted by atomic mass is 10.2. The second-order valence-corrected chi connectivity index (χ2v) is 2.17. The Labute approximate surface area is 77.9 Å². The van der Waals surface area contributed by atoms with Gasteiger partial charge < -0.3 is 11.1 Å². The molecule has 1 aromatic carbocycles. The summed E-state index contributed by atoms with van der Waals surface area (Å²) in [6.07, 6.45) is -3.84. The van der Waals surface area contributed by atoms with Crippen LogP contribution in [-0.4, -0.2) is 6.08 Å². The number of halogens is 3. The summed E-state index contributed by atoms with van der Waals surface area (Å²) in [7, 11) is 0. The molecule has 1 rings (SSSR count). The lowest BCUT2D eigenvalue weighted by Gasteiger charge is -2.09. The molecule has 0 radical (unpaired) electrons. The van der Waals surface area contributed by atoms with Crippen LogP contribution in [-0.2, 0) is 11.0 Å². The third kappa shape index (κ3) is 4.27. The summed E-state index contributed by atoms with van der Waals surface area (Å²) in [6, 6.07) is 4.25. The van der Waals surface area contributed by atoms with Crippen LogP contribution in [0.4, 0.5) is 18.9 Å². The number of hydrogen-bond acceptors (Lipinski definition) is 1. The molecule has 0 heterocycles. The normalized spacial score (nSPS) is 9.64. The number of carbonyl (C=O) groups excluding carboxylic acids is 1. The summed E-state index contributed by atoms with van der Waals surface area (Å²) in [5, 5.41) is 6.76. The Kier molecular flexibility index (Phi) is 4.38. The zero-order chi connectivity index (χ0) is 11.2. The van der Waals surface area contributed by atoms with E-state index in [9.17, 15) is 13.2 Å². The Morgan fingerprint density at radius 2 is 1.86 bits per heavy atom. The molecule has 0 saturated heterocycles. The highest BCUT2D eigenvalue weighted by molar-refractivity contribution is 5.45. The van der Waals surface area contributed by atoms with E-state index in [4.69, 9.17) is 15.9 Å². The average molecular weight is 202 g/mol. The van der Waals surface area contributed by atoms with Gasteiger partial charge in [-0.05, 0) is 6.08 Å². The summed E-state index contributed by atoms with van der Waals surface area (Å²) < 4.78 is 35.7. The van der Waals surface area contributed by atoms with Crippen LogP contribution in [0.5, 0.6) is 0 Å². The monoisotopic (exact) mass is 202 g/mol. The fourth-order valence-electron chi connectivity index (χ4n) is 0.696. The van der Waals surface area contributed by atoms with Gasteiger partial charge in [0.05, 0.1) is 5.56 Å². The first-order chi connectivity index (χ1) is 6.41. The zero-order valence-corrected chi connectivity index (χ0v) is 6.80. The third-order valence-corrected chi connectivity index (χ3v) is 1.19. The zero-order valence-electron chi connectivity index (χ0n) is 6.80. The molecule has 0 aliphatic heterocycles. The number of nitrogens with zero attached hydrogens (tertiary/aromatic N) is 1. The fourth-order valence-corrected chi connectivity index (χ4v) is 0.696. The highest BCUT2D eigenvalue weighted by atomic mass is 19.4. The molecule has 0 spiro atoms. The van der Waals surface area contributed by atoms with Gasteiger partial charge in [-0.3, -0.25) is 4.79 Å². The molecule has 0 aromatic heterocycles. The molecule has 14 heavy (non-hydrogen) atoms. The van der Waals surface area contributed by atoms with E-state index in [0.717, 1.165) is 12.1 Å². The van der Waals surface area contributed by atoms with Crippen molar-refractivity contribution in [3.63, 3.8) is 0 Å². The standard InChI is InChI=1S/C7H5F3N.CNO/c8-7(9,10)5-2-1-3-6(11)4-5;2-1-3/h1-4,11H;/q2*-1. The molecule has 0 amide bonds. The van der Waals surface area contributed by atoms with E-state index in [1.807, 2.05) is 0 Å². The minimum atomic E-state index is -4.34. The lowest BCUT2D eigenvalue weighted by molar-refractivity contribution is -0.137. The molecule has 3 nitrogen and oxygen atoms in total. The Morgan fingerprint density at radius 1 is 1.36 bits per heavy atom. The van der Waals surface area contributed by atoms with Gasteiger partial charge in [0, 0.05) is 0 Å². The van der Waals surface area contributed by atoms with Crippen molar-refractivity contribution in [3.05, 3.63) is 41.0 Å². The second-order valence-electron chi connectivity index (χ2n) is 2.17. The topological polar surface area (TPSA) is 63.2 Å². The summed E-state index contributed by atoms with van der Waals surface area (Å²) >= 11 is 0. The van der Waals surface area contributed by atoms with Crippen molar-refractivity contribution in [2.24, 2.45) is 0 Å². The molecule has 0 unspecified atom stereocenters. The van der Waals surface area contributed by atoms with Gasteiger partial charge in [0.25, 0.3) is 0 Å². The predicted molar refractivity (Wildman–Crippen MR) is 44.5 cm³/mol. The smallest absolute Gasteiger partial charge is 0.416 e. The first-order valence-electron chi connectivity index (χ1n) is 3.32. The molecule has 1 N–H and O–H groups in total. The van der Waals surface area contributed by atoms with E-state index in [1.165, 1.54) is 12.1 Å². The molecule has 0 atom stereocenters. The maximum atomic E-state index is 11.9.